The van der Waals surface area contributed by atoms with Crippen LogP contribution in [-0.2, 0) is 16.8 Å². The Labute approximate surface area is 285 Å². The standard InChI is InChI=1S/C42H38N2O3S/c1-4-47-41(46)36-24-35(29-20-21-29)39-27(2)33(22-23-43(39)40(36)45)37-25-34-28(3)44(26-38(34)48-37)42(30-14-8-5-9-15-30,31-16-10-6-11-17-31)32-18-12-7-13-19-32/h5-19,22-25,28-29H,4,20-21,26H2,1-3H3. The lowest BCUT2D eigenvalue weighted by Crippen LogP contribution is -2.46. The molecule has 4 heterocycles. The van der Waals surface area contributed by atoms with Gasteiger partial charge in [-0.15, -0.1) is 11.3 Å². The number of nitrogens with zero attached hydrogens (tertiary/aromatic N) is 2. The lowest BCUT2D eigenvalue weighted by molar-refractivity contribution is 0.0524. The molecule has 1 fully saturated rings. The molecule has 48 heavy (non-hydrogen) atoms. The van der Waals surface area contributed by atoms with Gasteiger partial charge in [0.15, 0.2) is 0 Å². The van der Waals surface area contributed by atoms with Crippen LogP contribution in [0.4, 0.5) is 0 Å². The summed E-state index contributed by atoms with van der Waals surface area (Å²) in [6, 6.07) is 39.0. The Morgan fingerprint density at radius 1 is 0.854 bits per heavy atom. The van der Waals surface area contributed by atoms with Crippen molar-refractivity contribution < 1.29 is 9.53 Å². The van der Waals surface area contributed by atoms with Crippen LogP contribution < -0.4 is 5.56 Å². The van der Waals surface area contributed by atoms with Gasteiger partial charge in [-0.2, -0.15) is 0 Å². The Hall–Kier alpha value is -4.78. The lowest BCUT2D eigenvalue weighted by Gasteiger charge is -2.46. The number of fused-ring (bicyclic) bond motifs is 2. The summed E-state index contributed by atoms with van der Waals surface area (Å²) in [6.07, 6.45) is 3.97. The van der Waals surface area contributed by atoms with Crippen LogP contribution >= 0.6 is 11.3 Å². The van der Waals surface area contributed by atoms with Crippen molar-refractivity contribution in [2.24, 2.45) is 0 Å². The van der Waals surface area contributed by atoms with Crippen molar-refractivity contribution in [3.05, 3.63) is 170 Å². The van der Waals surface area contributed by atoms with Crippen LogP contribution in [0, 0.1) is 6.92 Å². The van der Waals surface area contributed by atoms with Gasteiger partial charge in [-0.3, -0.25) is 14.1 Å². The zero-order valence-corrected chi connectivity index (χ0v) is 28.3. The molecule has 0 spiro atoms. The van der Waals surface area contributed by atoms with Crippen LogP contribution in [0.15, 0.2) is 120 Å². The number of esters is 1. The first-order valence-electron chi connectivity index (χ1n) is 16.9. The van der Waals surface area contributed by atoms with E-state index >= 15 is 0 Å². The zero-order chi connectivity index (χ0) is 33.0. The molecule has 0 amide bonds. The molecular weight excluding hydrogens is 613 g/mol. The summed E-state index contributed by atoms with van der Waals surface area (Å²) in [4.78, 5) is 31.5. The zero-order valence-electron chi connectivity index (χ0n) is 27.5. The van der Waals surface area contributed by atoms with Crippen LogP contribution in [-0.4, -0.2) is 21.9 Å². The second-order valence-corrected chi connectivity index (χ2v) is 14.1. The summed E-state index contributed by atoms with van der Waals surface area (Å²) in [5.74, 6) is -0.196. The predicted molar refractivity (Wildman–Crippen MR) is 193 cm³/mol. The fraction of sp³-hybridized carbons (Fsp3) is 0.238. The number of ether oxygens (including phenoxy) is 1. The maximum Gasteiger partial charge on any atom is 0.343 e. The minimum atomic E-state index is -0.550. The Morgan fingerprint density at radius 3 is 1.96 bits per heavy atom. The number of benzene rings is 3. The number of hydrogen-bond donors (Lipinski definition) is 0. The monoisotopic (exact) mass is 650 g/mol. The molecule has 240 valence electrons. The van der Waals surface area contributed by atoms with E-state index in [9.17, 15) is 9.59 Å². The first-order chi connectivity index (χ1) is 23.4. The number of pyridine rings is 2. The fourth-order valence-electron chi connectivity index (χ4n) is 7.88. The average Bonchev–Trinajstić information content (AvgIpc) is 3.81. The van der Waals surface area contributed by atoms with E-state index in [1.807, 2.05) is 23.6 Å². The topological polar surface area (TPSA) is 51.0 Å². The van der Waals surface area contributed by atoms with Crippen molar-refractivity contribution in [1.82, 2.24) is 9.30 Å². The SMILES string of the molecule is CCOC(=O)c1cc(C2CC2)c2c(C)c(-c3cc4c(s3)CN(C(c3ccccc3)(c3ccccc3)c3ccccc3)C4C)ccn2c1=O. The van der Waals surface area contributed by atoms with Crippen LogP contribution in [0.2, 0.25) is 0 Å². The van der Waals surface area contributed by atoms with Gasteiger partial charge in [0.05, 0.1) is 17.7 Å². The Balaban J connectivity index is 1.24. The maximum atomic E-state index is 13.5. The largest absolute Gasteiger partial charge is 0.462 e. The minimum Gasteiger partial charge on any atom is -0.462 e. The number of aryl methyl sites for hydroxylation is 1. The number of thiophene rings is 1. The molecule has 5 nitrogen and oxygen atoms in total. The molecule has 3 aromatic heterocycles. The molecule has 1 unspecified atom stereocenters. The second-order valence-electron chi connectivity index (χ2n) is 13.0. The molecule has 0 saturated heterocycles. The van der Waals surface area contributed by atoms with Gasteiger partial charge in [0, 0.05) is 28.5 Å². The third-order valence-corrected chi connectivity index (χ3v) is 11.4. The molecule has 1 aliphatic heterocycles. The van der Waals surface area contributed by atoms with Crippen molar-refractivity contribution in [2.45, 2.75) is 57.7 Å². The average molecular weight is 651 g/mol. The van der Waals surface area contributed by atoms with E-state index in [-0.39, 0.29) is 23.8 Å². The molecule has 0 bridgehead atoms. The highest BCUT2D eigenvalue weighted by atomic mass is 32.1. The molecule has 6 aromatic rings. The van der Waals surface area contributed by atoms with Crippen LogP contribution in [0.5, 0.6) is 0 Å². The fourth-order valence-corrected chi connectivity index (χ4v) is 9.21. The molecule has 1 aliphatic carbocycles. The van der Waals surface area contributed by atoms with Crippen molar-refractivity contribution in [3.63, 3.8) is 0 Å². The Kier molecular flexibility index (Phi) is 7.66. The van der Waals surface area contributed by atoms with Crippen molar-refractivity contribution in [1.29, 1.82) is 0 Å². The van der Waals surface area contributed by atoms with Gasteiger partial charge in [-0.05, 0) is 96.7 Å². The normalized spacial score (nSPS) is 16.3. The Bertz CT molecular complexity index is 2100. The summed E-state index contributed by atoms with van der Waals surface area (Å²) < 4.78 is 6.91. The first kappa shape index (κ1) is 30.5. The highest BCUT2D eigenvalue weighted by Crippen LogP contribution is 2.53. The van der Waals surface area contributed by atoms with Crippen LogP contribution in [0.25, 0.3) is 16.0 Å². The Morgan fingerprint density at radius 2 is 1.44 bits per heavy atom. The summed E-state index contributed by atoms with van der Waals surface area (Å²) >= 11 is 1.85. The molecule has 2 aliphatic rings. The third-order valence-electron chi connectivity index (χ3n) is 10.3. The number of hydrogen-bond acceptors (Lipinski definition) is 5. The summed E-state index contributed by atoms with van der Waals surface area (Å²) in [5, 5.41) is 0. The van der Waals surface area contributed by atoms with E-state index in [1.54, 1.807) is 17.4 Å². The smallest absolute Gasteiger partial charge is 0.343 e. The molecule has 3 aromatic carbocycles. The number of carbonyl (C=O) groups is 1. The van der Waals surface area contributed by atoms with E-state index in [0.717, 1.165) is 41.6 Å². The molecule has 1 saturated carbocycles. The summed E-state index contributed by atoms with van der Waals surface area (Å²) in [6.45, 7) is 7.26. The van der Waals surface area contributed by atoms with Gasteiger partial charge in [-0.1, -0.05) is 91.0 Å². The lowest BCUT2D eigenvalue weighted by atomic mass is 9.75. The maximum absolute atomic E-state index is 13.5. The third kappa shape index (κ3) is 4.77. The summed E-state index contributed by atoms with van der Waals surface area (Å²) in [7, 11) is 0. The van der Waals surface area contributed by atoms with E-state index in [0.29, 0.717) is 5.92 Å². The highest BCUT2D eigenvalue weighted by Gasteiger charge is 2.48. The van der Waals surface area contributed by atoms with E-state index < -0.39 is 11.5 Å². The van der Waals surface area contributed by atoms with Gasteiger partial charge in [-0.25, -0.2) is 4.79 Å². The van der Waals surface area contributed by atoms with Crippen molar-refractivity contribution in [2.75, 3.05) is 6.61 Å². The second kappa shape index (κ2) is 12.0. The summed E-state index contributed by atoms with van der Waals surface area (Å²) in [5.41, 5.74) is 8.59. The molecule has 1 atom stereocenters. The molecule has 6 heteroatoms. The van der Waals surface area contributed by atoms with Gasteiger partial charge < -0.3 is 4.74 Å². The van der Waals surface area contributed by atoms with Gasteiger partial charge >= 0.3 is 5.97 Å². The van der Waals surface area contributed by atoms with Gasteiger partial charge in [0.2, 0.25) is 0 Å². The van der Waals surface area contributed by atoms with Crippen molar-refractivity contribution >= 4 is 22.8 Å². The van der Waals surface area contributed by atoms with Crippen LogP contribution in [0.1, 0.15) is 87.3 Å². The van der Waals surface area contributed by atoms with Crippen molar-refractivity contribution in [3.8, 4) is 10.4 Å². The van der Waals surface area contributed by atoms with E-state index in [2.05, 4.69) is 116 Å². The van der Waals surface area contributed by atoms with Gasteiger partial charge in [0.1, 0.15) is 5.56 Å². The number of rotatable bonds is 8. The van der Waals surface area contributed by atoms with E-state index in [1.165, 1.54) is 32.0 Å². The first-order valence-corrected chi connectivity index (χ1v) is 17.7. The molecule has 0 radical (unpaired) electrons. The van der Waals surface area contributed by atoms with E-state index in [4.69, 9.17) is 4.74 Å². The highest BCUT2D eigenvalue weighted by molar-refractivity contribution is 7.15. The number of carbonyl (C=O) groups excluding carboxylic acids is 1. The molecular formula is C42H38N2O3S. The number of aromatic nitrogens is 1. The van der Waals surface area contributed by atoms with Crippen LogP contribution in [0.3, 0.4) is 0 Å². The quantitative estimate of drug-likeness (QED) is 0.122. The molecule has 0 N–H and O–H groups in total. The predicted octanol–water partition coefficient (Wildman–Crippen LogP) is 9.26. The van der Waals surface area contributed by atoms with Gasteiger partial charge in [0.25, 0.3) is 5.56 Å². The molecule has 8 rings (SSSR count). The minimum absolute atomic E-state index is 0.117.